The molecule has 0 atom stereocenters. The Balaban J connectivity index is 1.71. The van der Waals surface area contributed by atoms with E-state index in [0.717, 1.165) is 5.56 Å². The number of thioether (sulfide) groups is 1. The third kappa shape index (κ3) is 5.97. The first-order valence-corrected chi connectivity index (χ1v) is 13.8. The predicted molar refractivity (Wildman–Crippen MR) is 141 cm³/mol. The van der Waals surface area contributed by atoms with Crippen molar-refractivity contribution in [2.75, 3.05) is 15.4 Å². The van der Waals surface area contributed by atoms with Gasteiger partial charge < -0.3 is 0 Å². The van der Waals surface area contributed by atoms with Crippen molar-refractivity contribution in [3.63, 3.8) is 0 Å². The van der Waals surface area contributed by atoms with Gasteiger partial charge in [-0.1, -0.05) is 89.8 Å². The van der Waals surface area contributed by atoms with Gasteiger partial charge in [-0.15, -0.1) is 16.8 Å². The normalized spacial score (nSPS) is 11.1. The van der Waals surface area contributed by atoms with Gasteiger partial charge in [0, 0.05) is 5.75 Å². The number of aromatic nitrogens is 2. The molecule has 35 heavy (non-hydrogen) atoms. The molecule has 4 aromatic rings. The number of hydrogen-bond donors (Lipinski definition) is 1. The first-order chi connectivity index (χ1) is 17.0. The average Bonchev–Trinajstić information content (AvgIpc) is 3.34. The van der Waals surface area contributed by atoms with Crippen LogP contribution in [0.2, 0.25) is 0 Å². The summed E-state index contributed by atoms with van der Waals surface area (Å²) in [4.78, 5) is 13.4. The first-order valence-electron chi connectivity index (χ1n) is 10.6. The number of anilines is 2. The number of benzene rings is 3. The minimum atomic E-state index is -3.97. The highest BCUT2D eigenvalue weighted by molar-refractivity contribution is 8.01. The second-order valence-corrected chi connectivity index (χ2v) is 11.4. The zero-order chi connectivity index (χ0) is 24.7. The Morgan fingerprint density at radius 1 is 0.971 bits per heavy atom. The minimum Gasteiger partial charge on any atom is -0.296 e. The minimum absolute atomic E-state index is 0.0590. The number of nitrogens with zero attached hydrogens (tertiary/aromatic N) is 3. The van der Waals surface area contributed by atoms with Crippen LogP contribution in [0.1, 0.15) is 15.9 Å². The lowest BCUT2D eigenvalue weighted by Gasteiger charge is -2.26. The smallest absolute Gasteiger partial charge is 0.264 e. The molecule has 178 valence electrons. The lowest BCUT2D eigenvalue weighted by Crippen LogP contribution is -2.32. The average molecular weight is 523 g/mol. The van der Waals surface area contributed by atoms with Crippen LogP contribution < -0.4 is 9.62 Å². The molecule has 0 fully saturated rings. The van der Waals surface area contributed by atoms with Crippen molar-refractivity contribution < 1.29 is 13.2 Å². The number of amides is 1. The zero-order valence-corrected chi connectivity index (χ0v) is 21.0. The summed E-state index contributed by atoms with van der Waals surface area (Å²) in [5.41, 5.74) is 1.26. The van der Waals surface area contributed by atoms with E-state index in [2.05, 4.69) is 22.1 Å². The van der Waals surface area contributed by atoms with Gasteiger partial charge in [0.15, 0.2) is 4.34 Å². The van der Waals surface area contributed by atoms with E-state index in [9.17, 15) is 13.2 Å². The Morgan fingerprint density at radius 3 is 2.34 bits per heavy atom. The Morgan fingerprint density at radius 2 is 1.63 bits per heavy atom. The highest BCUT2D eigenvalue weighted by atomic mass is 32.2. The van der Waals surface area contributed by atoms with Gasteiger partial charge in [-0.05, 0) is 29.8 Å². The highest BCUT2D eigenvalue weighted by Gasteiger charge is 2.28. The van der Waals surface area contributed by atoms with E-state index in [1.807, 2.05) is 30.3 Å². The van der Waals surface area contributed by atoms with E-state index in [0.29, 0.717) is 15.2 Å². The summed E-state index contributed by atoms with van der Waals surface area (Å²) in [7, 11) is -3.97. The molecule has 3 aromatic carbocycles. The lowest BCUT2D eigenvalue weighted by atomic mass is 10.1. The van der Waals surface area contributed by atoms with E-state index in [-0.39, 0.29) is 22.7 Å². The first kappa shape index (κ1) is 24.6. The zero-order valence-electron chi connectivity index (χ0n) is 18.6. The Hall–Kier alpha value is -3.47. The van der Waals surface area contributed by atoms with Crippen LogP contribution in [0.4, 0.5) is 10.8 Å². The maximum absolute atomic E-state index is 13.7. The van der Waals surface area contributed by atoms with E-state index >= 15 is 0 Å². The number of rotatable bonds is 10. The number of sulfonamides is 1. The summed E-state index contributed by atoms with van der Waals surface area (Å²) in [5, 5.41) is 11.2. The molecule has 0 aliphatic carbocycles. The van der Waals surface area contributed by atoms with Gasteiger partial charge in [-0.2, -0.15) is 0 Å². The quantitative estimate of drug-likeness (QED) is 0.169. The summed E-state index contributed by atoms with van der Waals surface area (Å²) in [6.45, 7) is 3.74. The summed E-state index contributed by atoms with van der Waals surface area (Å²) in [6.07, 6.45) is 1.76. The van der Waals surface area contributed by atoms with E-state index < -0.39 is 15.9 Å². The maximum atomic E-state index is 13.7. The summed E-state index contributed by atoms with van der Waals surface area (Å²) < 4.78 is 29.4. The number of hydrogen-bond acceptors (Lipinski definition) is 7. The molecule has 0 saturated heterocycles. The van der Waals surface area contributed by atoms with Crippen molar-refractivity contribution in [1.82, 2.24) is 10.2 Å². The molecule has 0 saturated carbocycles. The maximum Gasteiger partial charge on any atom is 0.264 e. The molecule has 10 heteroatoms. The fourth-order valence-corrected chi connectivity index (χ4v) is 6.27. The van der Waals surface area contributed by atoms with Gasteiger partial charge in [0.2, 0.25) is 5.13 Å². The van der Waals surface area contributed by atoms with E-state index in [1.165, 1.54) is 27.4 Å². The Bertz CT molecular complexity index is 1410. The molecule has 0 aliphatic heterocycles. The van der Waals surface area contributed by atoms with Gasteiger partial charge >= 0.3 is 0 Å². The van der Waals surface area contributed by atoms with Crippen molar-refractivity contribution in [3.05, 3.63) is 109 Å². The molecule has 7 nitrogen and oxygen atoms in total. The lowest BCUT2D eigenvalue weighted by molar-refractivity contribution is 0.102. The van der Waals surface area contributed by atoms with Gasteiger partial charge in [0.1, 0.15) is 0 Å². The van der Waals surface area contributed by atoms with Crippen molar-refractivity contribution in [2.24, 2.45) is 0 Å². The van der Waals surface area contributed by atoms with Gasteiger partial charge in [-0.3, -0.25) is 14.4 Å². The topological polar surface area (TPSA) is 92.3 Å². The van der Waals surface area contributed by atoms with Gasteiger partial charge in [-0.25, -0.2) is 8.42 Å². The van der Waals surface area contributed by atoms with Crippen molar-refractivity contribution in [2.45, 2.75) is 15.8 Å². The third-order valence-corrected chi connectivity index (χ3v) is 8.61. The molecule has 1 aromatic heterocycles. The van der Waals surface area contributed by atoms with Crippen LogP contribution in [0, 0.1) is 0 Å². The molecular formula is C25H22N4O3S3. The SMILES string of the molecule is C=CCSc1nnc(NC(=O)c2ccccc2N(Cc2ccccc2)S(=O)(=O)c2ccccc2)s1. The van der Waals surface area contributed by atoms with Crippen molar-refractivity contribution in [3.8, 4) is 0 Å². The van der Waals surface area contributed by atoms with Gasteiger partial charge in [0.05, 0.1) is 22.7 Å². The number of para-hydroxylation sites is 1. The fraction of sp³-hybridized carbons (Fsp3) is 0.0800. The van der Waals surface area contributed by atoms with E-state index in [4.69, 9.17) is 0 Å². The number of carbonyl (C=O) groups excluding carboxylic acids is 1. The monoisotopic (exact) mass is 522 g/mol. The Kier molecular flexibility index (Phi) is 7.96. The second kappa shape index (κ2) is 11.3. The molecule has 1 heterocycles. The second-order valence-electron chi connectivity index (χ2n) is 7.25. The largest absolute Gasteiger partial charge is 0.296 e. The standard InChI is InChI=1S/C25H22N4O3S3/c1-2-17-33-25-28-27-24(34-25)26-23(30)21-15-9-10-16-22(21)29(18-19-11-5-3-6-12-19)35(31,32)20-13-7-4-8-14-20/h2-16H,1,17-18H2,(H,26,27,30). The van der Waals surface area contributed by atoms with Crippen LogP contribution in [-0.4, -0.2) is 30.3 Å². The van der Waals surface area contributed by atoms with Crippen LogP contribution in [0.15, 0.2) is 107 Å². The Labute approximate surface area is 212 Å². The fourth-order valence-electron chi connectivity index (χ4n) is 3.26. The number of nitrogens with one attached hydrogen (secondary N) is 1. The molecule has 4 rings (SSSR count). The molecule has 0 unspecified atom stereocenters. The molecule has 1 N–H and O–H groups in total. The van der Waals surface area contributed by atoms with Crippen LogP contribution in [0.25, 0.3) is 0 Å². The van der Waals surface area contributed by atoms with Crippen LogP contribution in [-0.2, 0) is 16.6 Å². The molecular weight excluding hydrogens is 501 g/mol. The van der Waals surface area contributed by atoms with Crippen LogP contribution in [0.3, 0.4) is 0 Å². The molecule has 0 bridgehead atoms. The molecule has 1 amide bonds. The molecule has 0 aliphatic rings. The van der Waals surface area contributed by atoms with E-state index in [1.54, 1.807) is 60.7 Å². The van der Waals surface area contributed by atoms with Crippen LogP contribution >= 0.6 is 23.1 Å². The summed E-state index contributed by atoms with van der Waals surface area (Å²) >= 11 is 2.71. The van der Waals surface area contributed by atoms with Crippen molar-refractivity contribution >= 4 is 49.8 Å². The highest BCUT2D eigenvalue weighted by Crippen LogP contribution is 2.31. The van der Waals surface area contributed by atoms with Crippen LogP contribution in [0.5, 0.6) is 0 Å². The predicted octanol–water partition coefficient (Wildman–Crippen LogP) is 5.46. The third-order valence-electron chi connectivity index (χ3n) is 4.87. The molecule has 0 radical (unpaired) electrons. The van der Waals surface area contributed by atoms with Gasteiger partial charge in [0.25, 0.3) is 15.9 Å². The molecule has 0 spiro atoms. The summed E-state index contributed by atoms with van der Waals surface area (Å²) in [6, 6.07) is 24.1. The number of carbonyl (C=O) groups is 1. The summed E-state index contributed by atoms with van der Waals surface area (Å²) in [5.74, 6) is 0.204. The van der Waals surface area contributed by atoms with Crippen molar-refractivity contribution in [1.29, 1.82) is 0 Å².